The standard InChI is InChI=1S/C23H16Cl2N2O3S/c1-13(28)26-23-27-22(29)20(31-23)11-14-9-18(24)21(19(25)10-14)30-12-16-7-4-6-15-5-2-3-8-17(15)16/h2-11H,12H2,1H3,(H,26,27,28,29). The van der Waals surface area contributed by atoms with Gasteiger partial charge in [-0.1, -0.05) is 65.7 Å². The molecule has 0 unspecified atom stereocenters. The number of benzene rings is 3. The molecule has 2 amide bonds. The lowest BCUT2D eigenvalue weighted by atomic mass is 10.1. The van der Waals surface area contributed by atoms with Gasteiger partial charge in [0.2, 0.25) is 5.91 Å². The van der Waals surface area contributed by atoms with Crippen molar-refractivity contribution in [3.63, 3.8) is 0 Å². The van der Waals surface area contributed by atoms with E-state index in [1.807, 2.05) is 42.5 Å². The molecule has 3 aromatic carbocycles. The van der Waals surface area contributed by atoms with Crippen LogP contribution < -0.4 is 10.1 Å². The largest absolute Gasteiger partial charge is 0.486 e. The van der Waals surface area contributed by atoms with Gasteiger partial charge in [-0.05, 0) is 51.9 Å². The zero-order chi connectivity index (χ0) is 22.0. The van der Waals surface area contributed by atoms with E-state index in [0.29, 0.717) is 32.9 Å². The summed E-state index contributed by atoms with van der Waals surface area (Å²) in [5, 5.41) is 5.64. The summed E-state index contributed by atoms with van der Waals surface area (Å²) in [6.45, 7) is 1.66. The van der Waals surface area contributed by atoms with E-state index in [-0.39, 0.29) is 11.1 Å². The zero-order valence-electron chi connectivity index (χ0n) is 16.3. The number of hydrogen-bond acceptors (Lipinski definition) is 4. The van der Waals surface area contributed by atoms with E-state index >= 15 is 0 Å². The van der Waals surface area contributed by atoms with Crippen molar-refractivity contribution in [1.29, 1.82) is 0 Å². The van der Waals surface area contributed by atoms with Gasteiger partial charge in [0.15, 0.2) is 10.9 Å². The van der Waals surface area contributed by atoms with Crippen LogP contribution in [0.5, 0.6) is 5.75 Å². The molecule has 0 spiro atoms. The van der Waals surface area contributed by atoms with Gasteiger partial charge in [0.25, 0.3) is 5.91 Å². The van der Waals surface area contributed by atoms with Crippen LogP contribution in [-0.2, 0) is 16.2 Å². The summed E-state index contributed by atoms with van der Waals surface area (Å²) in [6.07, 6.45) is 1.62. The molecule has 0 bridgehead atoms. The summed E-state index contributed by atoms with van der Waals surface area (Å²) in [7, 11) is 0. The Labute approximate surface area is 193 Å². The van der Waals surface area contributed by atoms with Crippen LogP contribution in [0.3, 0.4) is 0 Å². The molecule has 0 aromatic heterocycles. The number of ether oxygens (including phenoxy) is 1. The molecule has 0 radical (unpaired) electrons. The van der Waals surface area contributed by atoms with Crippen LogP contribution in [0, 0.1) is 0 Å². The molecule has 31 heavy (non-hydrogen) atoms. The van der Waals surface area contributed by atoms with E-state index in [1.165, 1.54) is 6.92 Å². The number of carbonyl (C=O) groups is 2. The highest BCUT2D eigenvalue weighted by atomic mass is 35.5. The van der Waals surface area contributed by atoms with Gasteiger partial charge in [-0.2, -0.15) is 4.99 Å². The third-order valence-electron chi connectivity index (χ3n) is 4.47. The summed E-state index contributed by atoms with van der Waals surface area (Å²) in [4.78, 5) is 27.4. The maximum absolute atomic E-state index is 12.1. The first-order valence-electron chi connectivity index (χ1n) is 9.29. The fraction of sp³-hybridized carbons (Fsp3) is 0.0870. The molecule has 0 saturated heterocycles. The monoisotopic (exact) mass is 470 g/mol. The second-order valence-electron chi connectivity index (χ2n) is 6.75. The normalized spacial score (nSPS) is 14.7. The molecule has 1 N–H and O–H groups in total. The summed E-state index contributed by atoms with van der Waals surface area (Å²) in [5.74, 6) is -0.352. The number of nitrogens with one attached hydrogen (secondary N) is 1. The average molecular weight is 471 g/mol. The first-order valence-corrected chi connectivity index (χ1v) is 10.9. The molecule has 156 valence electrons. The molecule has 0 atom stereocenters. The number of halogens is 2. The van der Waals surface area contributed by atoms with Gasteiger partial charge in [0.05, 0.1) is 15.0 Å². The summed E-state index contributed by atoms with van der Waals surface area (Å²) < 4.78 is 5.94. The molecule has 0 saturated carbocycles. The number of amides is 2. The number of aliphatic imine (C=N–C) groups is 1. The number of thioether (sulfide) groups is 1. The van der Waals surface area contributed by atoms with Crippen LogP contribution in [-0.4, -0.2) is 17.0 Å². The van der Waals surface area contributed by atoms with E-state index in [4.69, 9.17) is 27.9 Å². The van der Waals surface area contributed by atoms with Crippen molar-refractivity contribution in [2.45, 2.75) is 13.5 Å². The SMILES string of the molecule is CC(=O)NC1=NC(=O)C(=Cc2cc(Cl)c(OCc3cccc4ccccc34)c(Cl)c2)S1. The number of carbonyl (C=O) groups excluding carboxylic acids is 2. The van der Waals surface area contributed by atoms with Gasteiger partial charge < -0.3 is 10.1 Å². The third kappa shape index (κ3) is 4.93. The minimum absolute atomic E-state index is 0.246. The Kier molecular flexibility index (Phi) is 6.32. The minimum atomic E-state index is -0.433. The quantitative estimate of drug-likeness (QED) is 0.486. The van der Waals surface area contributed by atoms with Gasteiger partial charge in [-0.3, -0.25) is 9.59 Å². The Balaban J connectivity index is 1.53. The first-order chi connectivity index (χ1) is 14.9. The highest BCUT2D eigenvalue weighted by Crippen LogP contribution is 2.37. The Morgan fingerprint density at radius 3 is 2.58 bits per heavy atom. The van der Waals surface area contributed by atoms with E-state index in [2.05, 4.69) is 10.3 Å². The Bertz CT molecular complexity index is 1240. The fourth-order valence-corrected chi connectivity index (χ4v) is 4.61. The van der Waals surface area contributed by atoms with Crippen LogP contribution >= 0.6 is 35.0 Å². The van der Waals surface area contributed by atoms with Crippen molar-refractivity contribution in [3.05, 3.63) is 80.7 Å². The molecule has 1 aliphatic heterocycles. The van der Waals surface area contributed by atoms with Gasteiger partial charge >= 0.3 is 0 Å². The molecule has 0 fully saturated rings. The average Bonchev–Trinajstić information content (AvgIpc) is 3.05. The van der Waals surface area contributed by atoms with Crippen LogP contribution in [0.4, 0.5) is 0 Å². The maximum Gasteiger partial charge on any atom is 0.286 e. The predicted molar refractivity (Wildman–Crippen MR) is 127 cm³/mol. The number of amidine groups is 1. The van der Waals surface area contributed by atoms with Crippen molar-refractivity contribution in [1.82, 2.24) is 5.32 Å². The van der Waals surface area contributed by atoms with Gasteiger partial charge in [0.1, 0.15) is 6.61 Å². The Morgan fingerprint density at radius 1 is 1.13 bits per heavy atom. The van der Waals surface area contributed by atoms with E-state index in [9.17, 15) is 9.59 Å². The summed E-state index contributed by atoms with van der Waals surface area (Å²) in [5.41, 5.74) is 1.65. The van der Waals surface area contributed by atoms with Gasteiger partial charge in [0, 0.05) is 6.92 Å². The molecular formula is C23H16Cl2N2O3S. The zero-order valence-corrected chi connectivity index (χ0v) is 18.6. The van der Waals surface area contributed by atoms with Crippen molar-refractivity contribution in [2.75, 3.05) is 0 Å². The minimum Gasteiger partial charge on any atom is -0.486 e. The third-order valence-corrected chi connectivity index (χ3v) is 5.93. The van der Waals surface area contributed by atoms with Crippen molar-refractivity contribution < 1.29 is 14.3 Å². The lowest BCUT2D eigenvalue weighted by Crippen LogP contribution is -2.23. The topological polar surface area (TPSA) is 67.8 Å². The lowest BCUT2D eigenvalue weighted by molar-refractivity contribution is -0.117. The van der Waals surface area contributed by atoms with E-state index in [1.54, 1.807) is 18.2 Å². The van der Waals surface area contributed by atoms with Gasteiger partial charge in [-0.25, -0.2) is 0 Å². The smallest absolute Gasteiger partial charge is 0.286 e. The number of rotatable bonds is 4. The summed E-state index contributed by atoms with van der Waals surface area (Å²) >= 11 is 13.9. The molecule has 0 aliphatic carbocycles. The molecular weight excluding hydrogens is 455 g/mol. The predicted octanol–water partition coefficient (Wildman–Crippen LogP) is 5.83. The first kappa shape index (κ1) is 21.4. The summed E-state index contributed by atoms with van der Waals surface area (Å²) in [6, 6.07) is 17.4. The van der Waals surface area contributed by atoms with Gasteiger partial charge in [-0.15, -0.1) is 0 Å². The maximum atomic E-state index is 12.1. The number of nitrogens with zero attached hydrogens (tertiary/aromatic N) is 1. The van der Waals surface area contributed by atoms with E-state index < -0.39 is 5.91 Å². The molecule has 3 aromatic rings. The van der Waals surface area contributed by atoms with Crippen LogP contribution in [0.1, 0.15) is 18.1 Å². The van der Waals surface area contributed by atoms with E-state index in [0.717, 1.165) is 28.1 Å². The van der Waals surface area contributed by atoms with Crippen molar-refractivity contribution in [3.8, 4) is 5.75 Å². The molecule has 5 nitrogen and oxygen atoms in total. The number of fused-ring (bicyclic) bond motifs is 1. The molecule has 8 heteroatoms. The molecule has 4 rings (SSSR count). The molecule has 1 aliphatic rings. The lowest BCUT2D eigenvalue weighted by Gasteiger charge is -2.12. The van der Waals surface area contributed by atoms with Crippen molar-refractivity contribution in [2.24, 2.45) is 4.99 Å². The van der Waals surface area contributed by atoms with Crippen LogP contribution in [0.2, 0.25) is 10.0 Å². The van der Waals surface area contributed by atoms with Crippen LogP contribution in [0.15, 0.2) is 64.5 Å². The fourth-order valence-electron chi connectivity index (χ4n) is 3.13. The second-order valence-corrected chi connectivity index (χ2v) is 8.60. The Hall–Kier alpha value is -2.80. The molecule has 1 heterocycles. The number of hydrogen-bond donors (Lipinski definition) is 1. The highest BCUT2D eigenvalue weighted by molar-refractivity contribution is 8.18. The highest BCUT2D eigenvalue weighted by Gasteiger charge is 2.23. The van der Waals surface area contributed by atoms with Crippen LogP contribution in [0.25, 0.3) is 16.8 Å². The Morgan fingerprint density at radius 2 is 1.84 bits per heavy atom. The van der Waals surface area contributed by atoms with Crippen molar-refractivity contribution >= 4 is 68.8 Å². The second kappa shape index (κ2) is 9.14.